The van der Waals surface area contributed by atoms with Gasteiger partial charge in [0, 0.05) is 5.70 Å². The second kappa shape index (κ2) is 10.8. The lowest BCUT2D eigenvalue weighted by Gasteiger charge is -2.33. The third kappa shape index (κ3) is 5.18. The summed E-state index contributed by atoms with van der Waals surface area (Å²) in [5.41, 5.74) is 1.37. The highest BCUT2D eigenvalue weighted by Gasteiger charge is 2.40. The van der Waals surface area contributed by atoms with Crippen molar-refractivity contribution in [3.05, 3.63) is 42.4 Å². The Bertz CT molecular complexity index is 895. The lowest BCUT2D eigenvalue weighted by Crippen LogP contribution is -2.38. The van der Waals surface area contributed by atoms with Gasteiger partial charge in [-0.3, -0.25) is 4.79 Å². The van der Waals surface area contributed by atoms with Gasteiger partial charge in [-0.25, -0.2) is 4.68 Å². The van der Waals surface area contributed by atoms with Crippen molar-refractivity contribution in [2.24, 2.45) is 5.92 Å². The standard InChI is InChI=1S/C23H32N4O4/c1-5-7-8-9-13-30-18-11-10-17(14-19(18)29-4)21-20(22(28)31-12-6-2)16(3)26-23-24-15-25-27(21)23/h10-11,14-15,20-21H,3,5-9,12-13H2,1-2,4H3,(H,24,25,26)/t20-,21+/m1/s1. The maximum absolute atomic E-state index is 12.9. The van der Waals surface area contributed by atoms with E-state index in [0.717, 1.165) is 24.8 Å². The van der Waals surface area contributed by atoms with Gasteiger partial charge >= 0.3 is 5.97 Å². The second-order valence-electron chi connectivity index (χ2n) is 7.59. The summed E-state index contributed by atoms with van der Waals surface area (Å²) in [6.07, 6.45) is 6.73. The third-order valence-corrected chi connectivity index (χ3v) is 5.29. The van der Waals surface area contributed by atoms with E-state index in [4.69, 9.17) is 14.2 Å². The molecule has 31 heavy (non-hydrogen) atoms. The predicted molar refractivity (Wildman–Crippen MR) is 118 cm³/mol. The molecule has 0 bridgehead atoms. The molecule has 2 atom stereocenters. The first-order chi connectivity index (χ1) is 15.1. The van der Waals surface area contributed by atoms with Crippen LogP contribution in [0.15, 0.2) is 36.8 Å². The number of ether oxygens (including phenoxy) is 3. The number of anilines is 1. The molecule has 0 radical (unpaired) electrons. The number of esters is 1. The van der Waals surface area contributed by atoms with Crippen molar-refractivity contribution in [3.63, 3.8) is 0 Å². The number of nitrogens with one attached hydrogen (secondary N) is 1. The summed E-state index contributed by atoms with van der Waals surface area (Å²) in [6.45, 7) is 9.19. The van der Waals surface area contributed by atoms with Gasteiger partial charge in [0.15, 0.2) is 11.5 Å². The van der Waals surface area contributed by atoms with E-state index in [-0.39, 0.29) is 5.97 Å². The number of hydrogen-bond acceptors (Lipinski definition) is 7. The molecular weight excluding hydrogens is 396 g/mol. The first-order valence-corrected chi connectivity index (χ1v) is 10.9. The summed E-state index contributed by atoms with van der Waals surface area (Å²) in [4.78, 5) is 17.1. The number of fused-ring (bicyclic) bond motifs is 1. The minimum Gasteiger partial charge on any atom is -0.493 e. The monoisotopic (exact) mass is 428 g/mol. The molecule has 8 nitrogen and oxygen atoms in total. The van der Waals surface area contributed by atoms with Gasteiger partial charge in [0.2, 0.25) is 5.95 Å². The van der Waals surface area contributed by atoms with E-state index < -0.39 is 12.0 Å². The summed E-state index contributed by atoms with van der Waals surface area (Å²) < 4.78 is 18.7. The Morgan fingerprint density at radius 3 is 2.74 bits per heavy atom. The fourth-order valence-corrected chi connectivity index (χ4v) is 3.69. The Labute approximate surface area is 183 Å². The Morgan fingerprint density at radius 1 is 1.16 bits per heavy atom. The number of unbranched alkanes of at least 4 members (excludes halogenated alkanes) is 3. The van der Waals surface area contributed by atoms with Crippen molar-refractivity contribution >= 4 is 11.9 Å². The average Bonchev–Trinajstić information content (AvgIpc) is 3.24. The number of rotatable bonds is 11. The number of hydrogen-bond donors (Lipinski definition) is 1. The summed E-state index contributed by atoms with van der Waals surface area (Å²) >= 11 is 0. The Balaban J connectivity index is 1.88. The molecular formula is C23H32N4O4. The fraction of sp³-hybridized carbons (Fsp3) is 0.522. The van der Waals surface area contributed by atoms with Gasteiger partial charge in [-0.15, -0.1) is 0 Å². The maximum Gasteiger partial charge on any atom is 0.317 e. The highest BCUT2D eigenvalue weighted by Crippen LogP contribution is 2.40. The second-order valence-corrected chi connectivity index (χ2v) is 7.59. The smallest absolute Gasteiger partial charge is 0.317 e. The molecule has 168 valence electrons. The number of nitrogens with zero attached hydrogens (tertiary/aromatic N) is 3. The van der Waals surface area contributed by atoms with Crippen LogP contribution in [0.3, 0.4) is 0 Å². The normalized spacial score (nSPS) is 17.6. The SMILES string of the molecule is C=C1Nc2ncnn2[C@@H](c2ccc(OCCCCCC)c(OC)c2)[C@@H]1C(=O)OCCC. The van der Waals surface area contributed by atoms with Crippen LogP contribution in [0.25, 0.3) is 0 Å². The molecule has 2 heterocycles. The Kier molecular flexibility index (Phi) is 7.92. The summed E-state index contributed by atoms with van der Waals surface area (Å²) in [6, 6.07) is 5.24. The molecule has 8 heteroatoms. The minimum absolute atomic E-state index is 0.347. The van der Waals surface area contributed by atoms with Gasteiger partial charge in [-0.05, 0) is 30.5 Å². The predicted octanol–water partition coefficient (Wildman–Crippen LogP) is 4.34. The zero-order valence-corrected chi connectivity index (χ0v) is 18.6. The minimum atomic E-state index is -0.647. The topological polar surface area (TPSA) is 87.5 Å². The highest BCUT2D eigenvalue weighted by molar-refractivity contribution is 5.79. The van der Waals surface area contributed by atoms with Gasteiger partial charge in [-0.2, -0.15) is 10.1 Å². The molecule has 1 aliphatic heterocycles. The number of benzene rings is 1. The fourth-order valence-electron chi connectivity index (χ4n) is 3.69. The highest BCUT2D eigenvalue weighted by atomic mass is 16.5. The van der Waals surface area contributed by atoms with Crippen LogP contribution in [0.2, 0.25) is 0 Å². The molecule has 0 fully saturated rings. The lowest BCUT2D eigenvalue weighted by molar-refractivity contribution is -0.148. The zero-order valence-electron chi connectivity index (χ0n) is 18.6. The average molecular weight is 429 g/mol. The van der Waals surface area contributed by atoms with E-state index in [1.807, 2.05) is 25.1 Å². The number of carbonyl (C=O) groups excluding carboxylic acids is 1. The van der Waals surface area contributed by atoms with Crippen LogP contribution in [0.4, 0.5) is 5.95 Å². The molecule has 0 amide bonds. The van der Waals surface area contributed by atoms with E-state index in [1.165, 1.54) is 19.2 Å². The summed E-state index contributed by atoms with van der Waals surface area (Å²) in [5, 5.41) is 7.41. The molecule has 1 aromatic heterocycles. The van der Waals surface area contributed by atoms with E-state index in [9.17, 15) is 4.79 Å². The molecule has 0 saturated carbocycles. The number of methoxy groups -OCH3 is 1. The van der Waals surface area contributed by atoms with Gasteiger partial charge < -0.3 is 19.5 Å². The van der Waals surface area contributed by atoms with Gasteiger partial charge in [0.25, 0.3) is 0 Å². The quantitative estimate of drug-likeness (QED) is 0.421. The van der Waals surface area contributed by atoms with E-state index >= 15 is 0 Å². The van der Waals surface area contributed by atoms with Crippen molar-refractivity contribution in [2.75, 3.05) is 25.6 Å². The first-order valence-electron chi connectivity index (χ1n) is 10.9. The van der Waals surface area contributed by atoms with Gasteiger partial charge in [0.1, 0.15) is 12.2 Å². The molecule has 1 aromatic carbocycles. The Morgan fingerprint density at radius 2 is 2.00 bits per heavy atom. The molecule has 0 aliphatic carbocycles. The van der Waals surface area contributed by atoms with Crippen LogP contribution in [0, 0.1) is 5.92 Å². The first kappa shape index (κ1) is 22.7. The van der Waals surface area contributed by atoms with Crippen LogP contribution >= 0.6 is 0 Å². The van der Waals surface area contributed by atoms with Gasteiger partial charge in [0.05, 0.1) is 26.4 Å². The van der Waals surface area contributed by atoms with Crippen molar-refractivity contribution in [3.8, 4) is 11.5 Å². The van der Waals surface area contributed by atoms with Crippen LogP contribution in [0.1, 0.15) is 57.6 Å². The van der Waals surface area contributed by atoms with Crippen LogP contribution in [-0.2, 0) is 9.53 Å². The van der Waals surface area contributed by atoms with E-state index in [0.29, 0.717) is 36.4 Å². The number of aromatic nitrogens is 3. The molecule has 1 N–H and O–H groups in total. The zero-order chi connectivity index (χ0) is 22.2. The molecule has 0 spiro atoms. The molecule has 3 rings (SSSR count). The largest absolute Gasteiger partial charge is 0.493 e. The van der Waals surface area contributed by atoms with Crippen LogP contribution in [0.5, 0.6) is 11.5 Å². The van der Waals surface area contributed by atoms with Crippen LogP contribution < -0.4 is 14.8 Å². The number of carbonyl (C=O) groups is 1. The maximum atomic E-state index is 12.9. The molecule has 1 aliphatic rings. The molecule has 0 saturated heterocycles. The van der Waals surface area contributed by atoms with Gasteiger partial charge in [-0.1, -0.05) is 45.8 Å². The van der Waals surface area contributed by atoms with Crippen molar-refractivity contribution in [1.29, 1.82) is 0 Å². The molecule has 0 unspecified atom stereocenters. The van der Waals surface area contributed by atoms with E-state index in [2.05, 4.69) is 28.9 Å². The van der Waals surface area contributed by atoms with E-state index in [1.54, 1.807) is 11.8 Å². The summed E-state index contributed by atoms with van der Waals surface area (Å²) in [5.74, 6) is 0.829. The Hall–Kier alpha value is -3.03. The van der Waals surface area contributed by atoms with Crippen molar-refractivity contribution in [2.45, 2.75) is 52.0 Å². The lowest BCUT2D eigenvalue weighted by atomic mass is 9.89. The van der Waals surface area contributed by atoms with Crippen molar-refractivity contribution < 1.29 is 19.0 Å². The summed E-state index contributed by atoms with van der Waals surface area (Å²) in [7, 11) is 1.61. The molecule has 2 aromatic rings. The van der Waals surface area contributed by atoms with Crippen LogP contribution in [-0.4, -0.2) is 41.1 Å². The van der Waals surface area contributed by atoms with Crippen molar-refractivity contribution in [1.82, 2.24) is 14.8 Å². The third-order valence-electron chi connectivity index (χ3n) is 5.29.